The van der Waals surface area contributed by atoms with Crippen molar-refractivity contribution >= 4 is 16.5 Å². The molecule has 0 atom stereocenters. The smallest absolute Gasteiger partial charge is 0.180 e. The molecular weight excluding hydrogens is 256 g/mol. The van der Waals surface area contributed by atoms with E-state index in [1.54, 1.807) is 0 Å². The summed E-state index contributed by atoms with van der Waals surface area (Å²) in [6, 6.07) is 0.176. The monoisotopic (exact) mass is 262 g/mol. The van der Waals surface area contributed by atoms with Crippen LogP contribution in [0, 0.1) is 23.3 Å². The number of benzene rings is 1. The first-order valence-corrected chi connectivity index (χ1v) is 5.32. The van der Waals surface area contributed by atoms with Gasteiger partial charge >= 0.3 is 0 Å². The van der Waals surface area contributed by atoms with Gasteiger partial charge in [-0.15, -0.1) is 11.3 Å². The maximum absolute atomic E-state index is 13.3. The van der Waals surface area contributed by atoms with Crippen LogP contribution in [0.15, 0.2) is 12.3 Å². The Morgan fingerprint density at radius 3 is 2.18 bits per heavy atom. The van der Waals surface area contributed by atoms with Crippen LogP contribution in [0.4, 0.5) is 22.7 Å². The molecule has 2 aromatic rings. The van der Waals surface area contributed by atoms with Gasteiger partial charge in [0, 0.05) is 29.1 Å². The van der Waals surface area contributed by atoms with Crippen molar-refractivity contribution < 1.29 is 17.6 Å². The lowest BCUT2D eigenvalue weighted by atomic mass is 10.1. The summed E-state index contributed by atoms with van der Waals surface area (Å²) in [6.45, 7) is 0. The Labute approximate surface area is 97.7 Å². The minimum Gasteiger partial charge on any atom is -0.375 e. The van der Waals surface area contributed by atoms with Crippen LogP contribution in [0.2, 0.25) is 0 Å². The van der Waals surface area contributed by atoms with E-state index in [4.69, 9.17) is 5.73 Å². The molecule has 17 heavy (non-hydrogen) atoms. The van der Waals surface area contributed by atoms with Crippen molar-refractivity contribution in [3.63, 3.8) is 0 Å². The van der Waals surface area contributed by atoms with Crippen LogP contribution in [-0.2, 0) is 6.42 Å². The second kappa shape index (κ2) is 4.33. The molecule has 0 saturated heterocycles. The Morgan fingerprint density at radius 2 is 1.71 bits per heavy atom. The van der Waals surface area contributed by atoms with Crippen LogP contribution in [0.1, 0.15) is 10.4 Å². The van der Waals surface area contributed by atoms with E-state index >= 15 is 0 Å². The molecule has 0 saturated carbocycles. The van der Waals surface area contributed by atoms with Gasteiger partial charge in [0.2, 0.25) is 0 Å². The number of halogens is 4. The first-order chi connectivity index (χ1) is 7.99. The Kier molecular flexibility index (Phi) is 3.01. The zero-order valence-corrected chi connectivity index (χ0v) is 9.12. The van der Waals surface area contributed by atoms with Crippen molar-refractivity contribution in [2.24, 2.45) is 0 Å². The third-order valence-electron chi connectivity index (χ3n) is 2.13. The maximum atomic E-state index is 13.3. The molecule has 2 N–H and O–H groups in total. The molecule has 0 aliphatic rings. The van der Waals surface area contributed by atoms with Gasteiger partial charge in [-0.25, -0.2) is 22.5 Å². The second-order valence-electron chi connectivity index (χ2n) is 3.29. The van der Waals surface area contributed by atoms with Gasteiger partial charge in [-0.05, 0) is 0 Å². The largest absolute Gasteiger partial charge is 0.375 e. The number of hydrogen-bond donors (Lipinski definition) is 1. The lowest BCUT2D eigenvalue weighted by molar-refractivity contribution is 0.442. The number of aromatic nitrogens is 1. The Bertz CT molecular complexity index is 541. The Morgan fingerprint density at radius 1 is 1.12 bits per heavy atom. The zero-order valence-electron chi connectivity index (χ0n) is 8.31. The molecule has 0 spiro atoms. The van der Waals surface area contributed by atoms with Crippen molar-refractivity contribution in [1.82, 2.24) is 4.98 Å². The van der Waals surface area contributed by atoms with Crippen molar-refractivity contribution in [3.8, 4) is 0 Å². The zero-order chi connectivity index (χ0) is 12.6. The SMILES string of the molecule is Nc1ncc(Cc2c(F)c(F)cc(F)c2F)s1. The second-order valence-corrected chi connectivity index (χ2v) is 4.44. The summed E-state index contributed by atoms with van der Waals surface area (Å²) in [6.07, 6.45) is 1.02. The number of rotatable bonds is 2. The lowest BCUT2D eigenvalue weighted by Crippen LogP contribution is -2.02. The van der Waals surface area contributed by atoms with E-state index in [0.717, 1.165) is 11.3 Å². The van der Waals surface area contributed by atoms with E-state index in [9.17, 15) is 17.6 Å². The first kappa shape index (κ1) is 11.8. The normalized spacial score (nSPS) is 10.8. The first-order valence-electron chi connectivity index (χ1n) is 4.51. The van der Waals surface area contributed by atoms with Crippen LogP contribution in [0.5, 0.6) is 0 Å². The van der Waals surface area contributed by atoms with Gasteiger partial charge in [-0.2, -0.15) is 0 Å². The summed E-state index contributed by atoms with van der Waals surface area (Å²) in [5.41, 5.74) is 4.68. The topological polar surface area (TPSA) is 38.9 Å². The molecule has 0 fully saturated rings. The van der Waals surface area contributed by atoms with Crippen molar-refractivity contribution in [2.45, 2.75) is 6.42 Å². The van der Waals surface area contributed by atoms with Crippen molar-refractivity contribution in [3.05, 3.63) is 46.0 Å². The molecule has 1 heterocycles. The average Bonchev–Trinajstić information content (AvgIpc) is 2.68. The van der Waals surface area contributed by atoms with Crippen molar-refractivity contribution in [2.75, 3.05) is 5.73 Å². The summed E-state index contributed by atoms with van der Waals surface area (Å²) in [4.78, 5) is 4.10. The third-order valence-corrected chi connectivity index (χ3v) is 2.95. The molecule has 2 rings (SSSR count). The quantitative estimate of drug-likeness (QED) is 0.667. The van der Waals surface area contributed by atoms with E-state index in [1.807, 2.05) is 0 Å². The van der Waals surface area contributed by atoms with Crippen LogP contribution in [0.3, 0.4) is 0 Å². The third kappa shape index (κ3) is 2.23. The Hall–Kier alpha value is -1.63. The van der Waals surface area contributed by atoms with Gasteiger partial charge in [0.1, 0.15) is 0 Å². The fourth-order valence-electron chi connectivity index (χ4n) is 1.36. The minimum absolute atomic E-state index is 0.176. The van der Waals surface area contributed by atoms with Crippen LogP contribution < -0.4 is 5.73 Å². The average molecular weight is 262 g/mol. The molecule has 1 aromatic heterocycles. The van der Waals surface area contributed by atoms with Gasteiger partial charge in [0.05, 0.1) is 0 Å². The maximum Gasteiger partial charge on any atom is 0.180 e. The minimum atomic E-state index is -1.42. The molecule has 0 radical (unpaired) electrons. The fourth-order valence-corrected chi connectivity index (χ4v) is 2.05. The van der Waals surface area contributed by atoms with E-state index in [1.165, 1.54) is 6.20 Å². The van der Waals surface area contributed by atoms with Gasteiger partial charge in [-0.1, -0.05) is 0 Å². The highest BCUT2D eigenvalue weighted by Crippen LogP contribution is 2.25. The molecule has 2 nitrogen and oxygen atoms in total. The summed E-state index contributed by atoms with van der Waals surface area (Å²) >= 11 is 1.00. The molecular formula is C10H6F4N2S. The molecule has 1 aromatic carbocycles. The van der Waals surface area contributed by atoms with Gasteiger partial charge in [0.15, 0.2) is 28.4 Å². The van der Waals surface area contributed by atoms with Crippen LogP contribution in [-0.4, -0.2) is 4.98 Å². The van der Waals surface area contributed by atoms with Crippen LogP contribution in [0.25, 0.3) is 0 Å². The number of hydrogen-bond acceptors (Lipinski definition) is 3. The number of anilines is 1. The number of thiazole rings is 1. The van der Waals surface area contributed by atoms with E-state index < -0.39 is 28.8 Å². The Balaban J connectivity index is 2.45. The predicted molar refractivity (Wildman–Crippen MR) is 55.6 cm³/mol. The highest BCUT2D eigenvalue weighted by molar-refractivity contribution is 7.15. The number of nitrogens with zero attached hydrogens (tertiary/aromatic N) is 1. The highest BCUT2D eigenvalue weighted by Gasteiger charge is 2.19. The summed E-state index contributed by atoms with van der Waals surface area (Å²) in [7, 11) is 0. The molecule has 0 aliphatic carbocycles. The summed E-state index contributed by atoms with van der Waals surface area (Å²) in [5, 5.41) is 0.220. The molecule has 7 heteroatoms. The number of nitrogens with two attached hydrogens (primary N) is 1. The molecule has 0 unspecified atom stereocenters. The molecule has 0 amide bonds. The number of nitrogen functional groups attached to an aromatic ring is 1. The van der Waals surface area contributed by atoms with Gasteiger partial charge < -0.3 is 5.73 Å². The van der Waals surface area contributed by atoms with Crippen molar-refractivity contribution in [1.29, 1.82) is 0 Å². The van der Waals surface area contributed by atoms with Gasteiger partial charge in [0.25, 0.3) is 0 Å². The fraction of sp³-hybridized carbons (Fsp3) is 0.100. The van der Waals surface area contributed by atoms with Crippen LogP contribution >= 0.6 is 11.3 Å². The lowest BCUT2D eigenvalue weighted by Gasteiger charge is -2.05. The van der Waals surface area contributed by atoms with E-state index in [2.05, 4.69) is 4.98 Å². The van der Waals surface area contributed by atoms with E-state index in [-0.39, 0.29) is 17.6 Å². The predicted octanol–water partition coefficient (Wildman–Crippen LogP) is 2.87. The standard InChI is InChI=1S/C10H6F4N2S/c11-6-2-7(12)9(14)5(8(6)13)1-4-3-16-10(15)17-4/h2-3H,1H2,(H2,15,16). The molecule has 0 bridgehead atoms. The van der Waals surface area contributed by atoms with Gasteiger partial charge in [-0.3, -0.25) is 0 Å². The highest BCUT2D eigenvalue weighted by atomic mass is 32.1. The summed E-state index contributed by atoms with van der Waals surface area (Å²) in [5.74, 6) is -5.63. The van der Waals surface area contributed by atoms with E-state index in [0.29, 0.717) is 4.88 Å². The summed E-state index contributed by atoms with van der Waals surface area (Å²) < 4.78 is 52.4. The molecule has 90 valence electrons. The molecule has 0 aliphatic heterocycles.